The van der Waals surface area contributed by atoms with Crippen molar-refractivity contribution in [1.82, 2.24) is 4.90 Å². The Kier molecular flexibility index (Phi) is 4.48. The van der Waals surface area contributed by atoms with Crippen LogP contribution in [0.3, 0.4) is 0 Å². The largest absolute Gasteiger partial charge is 0.326 e. The van der Waals surface area contributed by atoms with Crippen LogP contribution in [-0.4, -0.2) is 30.1 Å². The van der Waals surface area contributed by atoms with Gasteiger partial charge in [-0.15, -0.1) is 0 Å². The van der Waals surface area contributed by atoms with Gasteiger partial charge in [0.15, 0.2) is 0 Å². The fourth-order valence-electron chi connectivity index (χ4n) is 4.15. The third-order valence-corrected chi connectivity index (χ3v) is 4.89. The minimum atomic E-state index is 0.449. The van der Waals surface area contributed by atoms with Crippen LogP contribution in [0.15, 0.2) is 0 Å². The number of nitrogens with two attached hydrogens (primary N) is 1. The summed E-state index contributed by atoms with van der Waals surface area (Å²) in [6.45, 7) is 7.30. The molecule has 1 heterocycles. The average molecular weight is 238 g/mol. The molecule has 2 N–H and O–H groups in total. The van der Waals surface area contributed by atoms with Crippen LogP contribution in [0.2, 0.25) is 0 Å². The van der Waals surface area contributed by atoms with E-state index in [4.69, 9.17) is 5.73 Å². The zero-order valence-electron chi connectivity index (χ0n) is 11.8. The van der Waals surface area contributed by atoms with Gasteiger partial charge in [0.05, 0.1) is 0 Å². The fraction of sp³-hybridized carbons (Fsp3) is 1.00. The quantitative estimate of drug-likeness (QED) is 0.797. The van der Waals surface area contributed by atoms with Crippen molar-refractivity contribution in [2.45, 2.75) is 77.3 Å². The molecule has 0 aromatic rings. The minimum absolute atomic E-state index is 0.449. The molecule has 0 aromatic heterocycles. The third-order valence-electron chi connectivity index (χ3n) is 4.89. The standard InChI is InChI=1S/C15H30N2/c1-3-9-15(10-4-2)11-17(12-15)14-8-6-5-7-13(14)16/h13-14H,3-12,16H2,1-2H3. The van der Waals surface area contributed by atoms with Crippen LogP contribution in [0, 0.1) is 5.41 Å². The lowest BCUT2D eigenvalue weighted by Crippen LogP contribution is -2.64. The molecule has 1 aliphatic heterocycles. The van der Waals surface area contributed by atoms with Gasteiger partial charge in [0.1, 0.15) is 0 Å². The summed E-state index contributed by atoms with van der Waals surface area (Å²) in [7, 11) is 0. The maximum atomic E-state index is 6.28. The molecule has 0 spiro atoms. The van der Waals surface area contributed by atoms with Gasteiger partial charge in [0.2, 0.25) is 0 Å². The summed E-state index contributed by atoms with van der Waals surface area (Å²) in [6, 6.07) is 1.15. The van der Waals surface area contributed by atoms with Crippen LogP contribution in [0.25, 0.3) is 0 Å². The molecule has 2 fully saturated rings. The first kappa shape index (κ1) is 13.4. The van der Waals surface area contributed by atoms with Gasteiger partial charge in [-0.1, -0.05) is 39.5 Å². The van der Waals surface area contributed by atoms with Crippen molar-refractivity contribution < 1.29 is 0 Å². The lowest BCUT2D eigenvalue weighted by atomic mass is 9.71. The number of rotatable bonds is 5. The molecule has 17 heavy (non-hydrogen) atoms. The second-order valence-electron chi connectivity index (χ2n) is 6.42. The van der Waals surface area contributed by atoms with Gasteiger partial charge in [-0.25, -0.2) is 0 Å². The van der Waals surface area contributed by atoms with E-state index in [2.05, 4.69) is 18.7 Å². The van der Waals surface area contributed by atoms with Gasteiger partial charge < -0.3 is 5.73 Å². The van der Waals surface area contributed by atoms with Crippen molar-refractivity contribution in [3.63, 3.8) is 0 Å². The smallest absolute Gasteiger partial charge is 0.0247 e. The molecule has 1 saturated heterocycles. The first-order valence-corrected chi connectivity index (χ1v) is 7.70. The molecule has 0 amide bonds. The van der Waals surface area contributed by atoms with Gasteiger partial charge in [-0.3, -0.25) is 4.90 Å². The topological polar surface area (TPSA) is 29.3 Å². The van der Waals surface area contributed by atoms with Gasteiger partial charge >= 0.3 is 0 Å². The van der Waals surface area contributed by atoms with Gasteiger partial charge in [-0.2, -0.15) is 0 Å². The SMILES string of the molecule is CCCC1(CCC)CN(C2CCCCC2N)C1. The van der Waals surface area contributed by atoms with E-state index in [1.165, 1.54) is 64.5 Å². The molecule has 0 radical (unpaired) electrons. The zero-order valence-corrected chi connectivity index (χ0v) is 11.8. The molecule has 0 bridgehead atoms. The molecule has 2 rings (SSSR count). The summed E-state index contributed by atoms with van der Waals surface area (Å²) in [6.07, 6.45) is 10.8. The molecule has 2 atom stereocenters. The van der Waals surface area contributed by atoms with Crippen LogP contribution in [0.1, 0.15) is 65.2 Å². The molecule has 2 heteroatoms. The summed E-state index contributed by atoms with van der Waals surface area (Å²) >= 11 is 0. The number of hydrogen-bond acceptors (Lipinski definition) is 2. The molecule has 1 saturated carbocycles. The van der Waals surface area contributed by atoms with Crippen molar-refractivity contribution in [3.05, 3.63) is 0 Å². The van der Waals surface area contributed by atoms with Gasteiger partial charge in [0.25, 0.3) is 0 Å². The lowest BCUT2D eigenvalue weighted by molar-refractivity contribution is -0.0575. The Morgan fingerprint density at radius 1 is 1.06 bits per heavy atom. The van der Waals surface area contributed by atoms with Crippen LogP contribution in [0.4, 0.5) is 0 Å². The molecule has 1 aliphatic carbocycles. The highest BCUT2D eigenvalue weighted by Crippen LogP contribution is 2.42. The lowest BCUT2D eigenvalue weighted by Gasteiger charge is -2.55. The maximum absolute atomic E-state index is 6.28. The Balaban J connectivity index is 1.86. The normalized spacial score (nSPS) is 33.4. The molecule has 2 aliphatic rings. The Labute approximate surface area is 107 Å². The van der Waals surface area contributed by atoms with Crippen molar-refractivity contribution >= 4 is 0 Å². The second kappa shape index (κ2) is 5.71. The first-order valence-electron chi connectivity index (χ1n) is 7.70. The Morgan fingerprint density at radius 3 is 2.18 bits per heavy atom. The minimum Gasteiger partial charge on any atom is -0.326 e. The maximum Gasteiger partial charge on any atom is 0.0247 e. The monoisotopic (exact) mass is 238 g/mol. The summed E-state index contributed by atoms with van der Waals surface area (Å²) < 4.78 is 0. The highest BCUT2D eigenvalue weighted by molar-refractivity contribution is 5.00. The Hall–Kier alpha value is -0.0800. The van der Waals surface area contributed by atoms with Crippen molar-refractivity contribution in [2.75, 3.05) is 13.1 Å². The Bertz CT molecular complexity index is 225. The van der Waals surface area contributed by atoms with Crippen molar-refractivity contribution in [1.29, 1.82) is 0 Å². The Morgan fingerprint density at radius 2 is 1.65 bits per heavy atom. The molecule has 2 nitrogen and oxygen atoms in total. The third kappa shape index (κ3) is 2.85. The predicted octanol–water partition coefficient (Wildman–Crippen LogP) is 3.16. The number of hydrogen-bond donors (Lipinski definition) is 1. The highest BCUT2D eigenvalue weighted by atomic mass is 15.2. The van der Waals surface area contributed by atoms with E-state index in [9.17, 15) is 0 Å². The van der Waals surface area contributed by atoms with E-state index in [1.807, 2.05) is 0 Å². The van der Waals surface area contributed by atoms with Crippen LogP contribution >= 0.6 is 0 Å². The van der Waals surface area contributed by atoms with Crippen LogP contribution < -0.4 is 5.73 Å². The zero-order chi connectivity index (χ0) is 12.3. The molecule has 2 unspecified atom stereocenters. The average Bonchev–Trinajstić information content (AvgIpc) is 2.26. The molecule has 0 aromatic carbocycles. The molecular formula is C15H30N2. The molecule has 100 valence electrons. The van der Waals surface area contributed by atoms with Gasteiger partial charge in [-0.05, 0) is 31.1 Å². The van der Waals surface area contributed by atoms with E-state index >= 15 is 0 Å². The van der Waals surface area contributed by atoms with E-state index in [-0.39, 0.29) is 0 Å². The number of nitrogens with zero attached hydrogens (tertiary/aromatic N) is 1. The predicted molar refractivity (Wildman–Crippen MR) is 74.1 cm³/mol. The highest BCUT2D eigenvalue weighted by Gasteiger charge is 2.45. The van der Waals surface area contributed by atoms with Crippen molar-refractivity contribution in [3.8, 4) is 0 Å². The first-order chi connectivity index (χ1) is 8.21. The van der Waals surface area contributed by atoms with Gasteiger partial charge in [0, 0.05) is 25.2 Å². The summed E-state index contributed by atoms with van der Waals surface area (Å²) in [5.74, 6) is 0. The van der Waals surface area contributed by atoms with E-state index < -0.39 is 0 Å². The van der Waals surface area contributed by atoms with Crippen molar-refractivity contribution in [2.24, 2.45) is 11.1 Å². The second-order valence-corrected chi connectivity index (χ2v) is 6.42. The fourth-order valence-corrected chi connectivity index (χ4v) is 4.15. The van der Waals surface area contributed by atoms with E-state index in [1.54, 1.807) is 0 Å². The molecular weight excluding hydrogens is 208 g/mol. The van der Waals surface area contributed by atoms with Crippen LogP contribution in [-0.2, 0) is 0 Å². The van der Waals surface area contributed by atoms with Crippen LogP contribution in [0.5, 0.6) is 0 Å². The van der Waals surface area contributed by atoms with E-state index in [0.717, 1.165) is 0 Å². The summed E-state index contributed by atoms with van der Waals surface area (Å²) in [5.41, 5.74) is 6.94. The number of likely N-dealkylation sites (tertiary alicyclic amines) is 1. The summed E-state index contributed by atoms with van der Waals surface area (Å²) in [5, 5.41) is 0. The summed E-state index contributed by atoms with van der Waals surface area (Å²) in [4.78, 5) is 2.69. The van der Waals surface area contributed by atoms with E-state index in [0.29, 0.717) is 17.5 Å².